The number of nitrogens with one attached hydrogen (secondary N) is 2. The minimum absolute atomic E-state index is 0.104. The Bertz CT molecular complexity index is 1210. The molecule has 0 spiro atoms. The van der Waals surface area contributed by atoms with Crippen molar-refractivity contribution < 1.29 is 19.0 Å². The number of methoxy groups -OCH3 is 1. The van der Waals surface area contributed by atoms with Crippen molar-refractivity contribution in [3.05, 3.63) is 78.5 Å². The number of hydrogen-bond donors (Lipinski definition) is 3. The van der Waals surface area contributed by atoms with Gasteiger partial charge in [-0.25, -0.2) is 9.18 Å². The van der Waals surface area contributed by atoms with E-state index in [9.17, 15) is 14.3 Å². The van der Waals surface area contributed by atoms with Crippen molar-refractivity contribution in [2.45, 2.75) is 6.54 Å². The van der Waals surface area contributed by atoms with E-state index in [0.717, 1.165) is 28.6 Å². The van der Waals surface area contributed by atoms with Crippen LogP contribution >= 0.6 is 0 Å². The van der Waals surface area contributed by atoms with Crippen LogP contribution in [0.1, 0.15) is 5.56 Å². The quantitative estimate of drug-likeness (QED) is 0.423. The molecule has 0 aliphatic carbocycles. The topological polar surface area (TPSA) is 88.4 Å². The van der Waals surface area contributed by atoms with Crippen LogP contribution in [0.15, 0.2) is 67.1 Å². The Labute approximate surface area is 171 Å². The molecule has 0 unspecified atom stereocenters. The number of aromatic nitrogens is 2. The Balaban J connectivity index is 1.56. The van der Waals surface area contributed by atoms with E-state index in [4.69, 9.17) is 4.74 Å². The van der Waals surface area contributed by atoms with E-state index >= 15 is 0 Å². The number of amides is 2. The predicted octanol–water partition coefficient (Wildman–Crippen LogP) is 4.58. The second-order valence-electron chi connectivity index (χ2n) is 6.62. The Morgan fingerprint density at radius 2 is 1.90 bits per heavy atom. The summed E-state index contributed by atoms with van der Waals surface area (Å²) in [6, 6.07) is 13.0. The first kappa shape index (κ1) is 19.3. The molecule has 0 atom stereocenters. The van der Waals surface area contributed by atoms with Gasteiger partial charge in [-0.2, -0.15) is 0 Å². The van der Waals surface area contributed by atoms with Gasteiger partial charge < -0.3 is 25.0 Å². The zero-order valence-electron chi connectivity index (χ0n) is 16.1. The molecule has 0 saturated heterocycles. The molecule has 2 aromatic carbocycles. The Morgan fingerprint density at radius 1 is 1.13 bits per heavy atom. The van der Waals surface area contributed by atoms with Crippen LogP contribution < -0.4 is 15.4 Å². The predicted molar refractivity (Wildman–Crippen MR) is 113 cm³/mol. The summed E-state index contributed by atoms with van der Waals surface area (Å²) in [6.45, 7) is 0.672. The summed E-state index contributed by atoms with van der Waals surface area (Å²) in [5.74, 6) is -1.27. The lowest BCUT2D eigenvalue weighted by Gasteiger charge is -2.13. The lowest BCUT2D eigenvalue weighted by molar-refractivity contribution is 0.262. The van der Waals surface area contributed by atoms with Gasteiger partial charge in [0, 0.05) is 42.7 Å². The number of pyridine rings is 1. The van der Waals surface area contributed by atoms with Crippen LogP contribution in [0.2, 0.25) is 0 Å². The van der Waals surface area contributed by atoms with Crippen molar-refractivity contribution in [1.29, 1.82) is 0 Å². The number of halogens is 1. The fourth-order valence-corrected chi connectivity index (χ4v) is 3.24. The summed E-state index contributed by atoms with van der Waals surface area (Å²) in [7, 11) is 1.36. The second kappa shape index (κ2) is 8.12. The number of anilines is 2. The zero-order valence-corrected chi connectivity index (χ0v) is 16.1. The number of carbonyl (C=O) groups excluding carboxylic acids is 1. The van der Waals surface area contributed by atoms with Crippen LogP contribution in [0.25, 0.3) is 10.9 Å². The number of benzene rings is 2. The van der Waals surface area contributed by atoms with Gasteiger partial charge in [-0.05, 0) is 35.9 Å². The largest absolute Gasteiger partial charge is 0.505 e. The van der Waals surface area contributed by atoms with E-state index in [1.165, 1.54) is 7.11 Å². The van der Waals surface area contributed by atoms with E-state index in [-0.39, 0.29) is 11.4 Å². The number of fused-ring (bicyclic) bond motifs is 1. The highest BCUT2D eigenvalue weighted by Gasteiger charge is 2.14. The zero-order chi connectivity index (χ0) is 21.1. The van der Waals surface area contributed by atoms with E-state index < -0.39 is 17.6 Å². The number of aromatic hydroxyl groups is 1. The summed E-state index contributed by atoms with van der Waals surface area (Å²) in [5.41, 5.74) is 2.78. The maximum Gasteiger partial charge on any atom is 0.323 e. The van der Waals surface area contributed by atoms with Crippen molar-refractivity contribution in [2.75, 3.05) is 17.7 Å². The van der Waals surface area contributed by atoms with Crippen molar-refractivity contribution in [3.63, 3.8) is 0 Å². The molecule has 7 nitrogen and oxygen atoms in total. The maximum atomic E-state index is 13.7. The average Bonchev–Trinajstić information content (AvgIpc) is 3.15. The summed E-state index contributed by atoms with van der Waals surface area (Å²) in [4.78, 5) is 16.5. The van der Waals surface area contributed by atoms with E-state index in [1.54, 1.807) is 18.5 Å². The molecule has 3 N–H and O–H groups in total. The number of nitrogens with zero attached hydrogens (tertiary/aromatic N) is 2. The number of phenols is 1. The summed E-state index contributed by atoms with van der Waals surface area (Å²) in [6.07, 6.45) is 5.45. The van der Waals surface area contributed by atoms with Crippen molar-refractivity contribution >= 4 is 28.3 Å². The van der Waals surface area contributed by atoms with Gasteiger partial charge in [-0.1, -0.05) is 6.07 Å². The van der Waals surface area contributed by atoms with E-state index in [2.05, 4.69) is 20.2 Å². The number of phenolic OH excluding ortho intramolecular Hbond substituents is 1. The highest BCUT2D eigenvalue weighted by atomic mass is 19.1. The van der Waals surface area contributed by atoms with Gasteiger partial charge in [0.2, 0.25) is 0 Å². The van der Waals surface area contributed by atoms with Gasteiger partial charge in [-0.15, -0.1) is 0 Å². The highest BCUT2D eigenvalue weighted by Crippen LogP contribution is 2.32. The van der Waals surface area contributed by atoms with Gasteiger partial charge in [0.15, 0.2) is 11.6 Å². The number of rotatable bonds is 5. The van der Waals surface area contributed by atoms with Crippen molar-refractivity contribution in [2.24, 2.45) is 0 Å². The Kier molecular flexibility index (Phi) is 5.21. The van der Waals surface area contributed by atoms with Crippen LogP contribution in [0.3, 0.4) is 0 Å². The SMILES string of the molecule is COc1cc(O)c(F)cc1NC(=O)Nc1cccc2c1ccn2Cc1ccncc1. The highest BCUT2D eigenvalue weighted by molar-refractivity contribution is 6.06. The number of carbonyl (C=O) groups is 1. The molecule has 152 valence electrons. The molecule has 4 rings (SSSR count). The number of hydrogen-bond acceptors (Lipinski definition) is 4. The minimum atomic E-state index is -0.860. The Hall–Kier alpha value is -4.07. The van der Waals surface area contributed by atoms with Crippen LogP contribution in [0, 0.1) is 5.82 Å². The van der Waals surface area contributed by atoms with Gasteiger partial charge in [0.25, 0.3) is 0 Å². The van der Waals surface area contributed by atoms with Gasteiger partial charge in [0.05, 0.1) is 24.0 Å². The fraction of sp³-hybridized carbons (Fsp3) is 0.0909. The molecule has 0 radical (unpaired) electrons. The van der Waals surface area contributed by atoms with Crippen LogP contribution in [-0.4, -0.2) is 27.8 Å². The number of ether oxygens (including phenoxy) is 1. The third-order valence-corrected chi connectivity index (χ3v) is 4.68. The molecule has 0 bridgehead atoms. The van der Waals surface area contributed by atoms with Crippen LogP contribution in [0.4, 0.5) is 20.6 Å². The average molecular weight is 406 g/mol. The lowest BCUT2D eigenvalue weighted by atomic mass is 10.2. The molecule has 0 aliphatic rings. The monoisotopic (exact) mass is 406 g/mol. The summed E-state index contributed by atoms with van der Waals surface area (Å²) >= 11 is 0. The van der Waals surface area contributed by atoms with Crippen molar-refractivity contribution in [3.8, 4) is 11.5 Å². The smallest absolute Gasteiger partial charge is 0.323 e. The Morgan fingerprint density at radius 3 is 2.67 bits per heavy atom. The summed E-state index contributed by atoms with van der Waals surface area (Å²) < 4.78 is 20.8. The summed E-state index contributed by atoms with van der Waals surface area (Å²) in [5, 5.41) is 15.7. The molecule has 2 heterocycles. The van der Waals surface area contributed by atoms with E-state index in [0.29, 0.717) is 12.2 Å². The molecule has 30 heavy (non-hydrogen) atoms. The van der Waals surface area contributed by atoms with Gasteiger partial charge in [-0.3, -0.25) is 4.98 Å². The fourth-order valence-electron chi connectivity index (χ4n) is 3.24. The molecule has 2 amide bonds. The first-order valence-corrected chi connectivity index (χ1v) is 9.16. The van der Waals surface area contributed by atoms with Gasteiger partial charge in [0.1, 0.15) is 5.75 Å². The standard InChI is InChI=1S/C22H19FN4O3/c1-30-21-12-20(28)16(23)11-18(21)26-22(29)25-17-3-2-4-19-15(17)7-10-27(19)13-14-5-8-24-9-6-14/h2-12,28H,13H2,1H3,(H2,25,26,29). The molecular formula is C22H19FN4O3. The third-order valence-electron chi connectivity index (χ3n) is 4.68. The van der Waals surface area contributed by atoms with Crippen LogP contribution in [-0.2, 0) is 6.54 Å². The molecule has 0 saturated carbocycles. The van der Waals surface area contributed by atoms with Crippen molar-refractivity contribution in [1.82, 2.24) is 9.55 Å². The maximum absolute atomic E-state index is 13.7. The number of urea groups is 1. The lowest BCUT2D eigenvalue weighted by Crippen LogP contribution is -2.20. The first-order valence-electron chi connectivity index (χ1n) is 9.16. The molecular weight excluding hydrogens is 387 g/mol. The molecule has 8 heteroatoms. The van der Waals surface area contributed by atoms with E-state index in [1.807, 2.05) is 36.5 Å². The molecule has 2 aromatic heterocycles. The minimum Gasteiger partial charge on any atom is -0.505 e. The third kappa shape index (κ3) is 3.88. The second-order valence-corrected chi connectivity index (χ2v) is 6.62. The van der Waals surface area contributed by atoms with Crippen LogP contribution in [0.5, 0.6) is 11.5 Å². The molecule has 0 aliphatic heterocycles. The molecule has 4 aromatic rings. The van der Waals surface area contributed by atoms with Gasteiger partial charge >= 0.3 is 6.03 Å². The normalized spacial score (nSPS) is 10.7. The first-order chi connectivity index (χ1) is 14.5. The molecule has 0 fully saturated rings.